The Morgan fingerprint density at radius 1 is 1.18 bits per heavy atom. The molecule has 0 bridgehead atoms. The van der Waals surface area contributed by atoms with E-state index < -0.39 is 23.5 Å². The van der Waals surface area contributed by atoms with Gasteiger partial charge in [-0.15, -0.1) is 0 Å². The molecule has 1 atom stereocenters. The molecule has 2 aliphatic rings. The number of esters is 2. The molecule has 1 N–H and O–H groups in total. The Hall–Kier alpha value is -4.86. The van der Waals surface area contributed by atoms with E-state index in [9.17, 15) is 24.3 Å². The number of benzene rings is 1. The highest BCUT2D eigenvalue weighted by atomic mass is 16.6. The Kier molecular flexibility index (Phi) is 5.34. The largest absolute Gasteiger partial charge is 0.477 e. The van der Waals surface area contributed by atoms with Crippen LogP contribution in [0.4, 0.5) is 0 Å². The van der Waals surface area contributed by atoms with Crippen molar-refractivity contribution in [2.75, 3.05) is 0 Å². The maximum atomic E-state index is 13.6. The van der Waals surface area contributed by atoms with Crippen LogP contribution in [0, 0.1) is 0 Å². The van der Waals surface area contributed by atoms with E-state index in [4.69, 9.17) is 14.5 Å². The Balaban J connectivity index is 1.43. The number of hydrogen-bond acceptors (Lipinski definition) is 7. The number of aromatic carboxylic acids is 1. The summed E-state index contributed by atoms with van der Waals surface area (Å²) in [6.07, 6.45) is 2.85. The molecule has 0 amide bonds. The first kappa shape index (κ1) is 23.5. The monoisotopic (exact) mass is 512 g/mol. The maximum Gasteiger partial charge on any atom is 0.374 e. The first-order chi connectivity index (χ1) is 18.3. The Morgan fingerprint density at radius 2 is 2.00 bits per heavy atom. The maximum absolute atomic E-state index is 13.6. The molecule has 4 aromatic rings. The van der Waals surface area contributed by atoms with Crippen LogP contribution in [-0.4, -0.2) is 32.6 Å². The molecule has 10 nitrogen and oxygen atoms in total. The Bertz CT molecular complexity index is 1740. The number of fused-ring (bicyclic) bond motifs is 5. The average molecular weight is 512 g/mol. The topological polar surface area (TPSA) is 129 Å². The molecule has 6 rings (SSSR count). The van der Waals surface area contributed by atoms with Gasteiger partial charge in [0.15, 0.2) is 12.4 Å². The van der Waals surface area contributed by atoms with E-state index in [1.807, 2.05) is 30.3 Å². The molecule has 1 aromatic carbocycles. The van der Waals surface area contributed by atoms with Crippen LogP contribution in [0.25, 0.3) is 22.3 Å². The van der Waals surface area contributed by atoms with Crippen molar-refractivity contribution in [3.63, 3.8) is 0 Å². The van der Waals surface area contributed by atoms with Gasteiger partial charge < -0.3 is 19.1 Å². The summed E-state index contributed by atoms with van der Waals surface area (Å²) in [4.78, 5) is 55.9. The van der Waals surface area contributed by atoms with Crippen molar-refractivity contribution in [2.45, 2.75) is 38.6 Å². The second kappa shape index (κ2) is 8.62. The lowest BCUT2D eigenvalue weighted by atomic mass is 9.85. The number of carboxylic acids is 1. The van der Waals surface area contributed by atoms with Crippen molar-refractivity contribution in [3.05, 3.63) is 93.5 Å². The summed E-state index contributed by atoms with van der Waals surface area (Å²) in [6.45, 7) is 1.43. The molecule has 38 heavy (non-hydrogen) atoms. The van der Waals surface area contributed by atoms with Gasteiger partial charge in [-0.05, 0) is 30.7 Å². The Labute approximate surface area is 215 Å². The van der Waals surface area contributed by atoms with Gasteiger partial charge in [0.05, 0.1) is 29.0 Å². The highest BCUT2D eigenvalue weighted by molar-refractivity contribution is 5.88. The number of pyridine rings is 3. The van der Waals surface area contributed by atoms with Crippen molar-refractivity contribution < 1.29 is 33.5 Å². The molecular weight excluding hydrogens is 490 g/mol. The van der Waals surface area contributed by atoms with Crippen molar-refractivity contribution >= 4 is 28.8 Å². The van der Waals surface area contributed by atoms with Crippen molar-refractivity contribution in [1.29, 1.82) is 0 Å². The number of aromatic nitrogens is 3. The van der Waals surface area contributed by atoms with Gasteiger partial charge in [0.25, 0.3) is 5.56 Å². The third-order valence-corrected chi connectivity index (χ3v) is 7.09. The smallest absolute Gasteiger partial charge is 0.374 e. The van der Waals surface area contributed by atoms with Crippen LogP contribution < -0.4 is 10.1 Å². The van der Waals surface area contributed by atoms with E-state index >= 15 is 0 Å². The van der Waals surface area contributed by atoms with Crippen LogP contribution in [0.5, 0.6) is 0 Å². The fourth-order valence-electron chi connectivity index (χ4n) is 5.20. The zero-order valence-electron chi connectivity index (χ0n) is 20.3. The van der Waals surface area contributed by atoms with Gasteiger partial charge in [-0.25, -0.2) is 19.4 Å². The van der Waals surface area contributed by atoms with Gasteiger partial charge >= 0.3 is 17.9 Å². The zero-order valence-corrected chi connectivity index (χ0v) is 20.3. The second-order valence-corrected chi connectivity index (χ2v) is 9.30. The lowest BCUT2D eigenvalue weighted by Crippen LogP contribution is -2.49. The minimum absolute atomic E-state index is 0.00444. The van der Waals surface area contributed by atoms with Crippen molar-refractivity contribution in [2.24, 2.45) is 0 Å². The van der Waals surface area contributed by atoms with E-state index in [-0.39, 0.29) is 41.8 Å². The molecule has 2 aliphatic heterocycles. The van der Waals surface area contributed by atoms with E-state index in [0.717, 1.165) is 16.5 Å². The molecular formula is C28H22N3O7+. The highest BCUT2D eigenvalue weighted by Crippen LogP contribution is 2.40. The van der Waals surface area contributed by atoms with E-state index in [1.165, 1.54) is 29.1 Å². The molecule has 0 spiro atoms. The first-order valence-electron chi connectivity index (χ1n) is 12.1. The van der Waals surface area contributed by atoms with Gasteiger partial charge in [0.2, 0.25) is 12.1 Å². The lowest BCUT2D eigenvalue weighted by molar-refractivity contribution is -0.686. The summed E-state index contributed by atoms with van der Waals surface area (Å²) in [5.41, 5.74) is 1.21. The van der Waals surface area contributed by atoms with Crippen LogP contribution in [-0.2, 0) is 44.4 Å². The number of ether oxygens (including phenoxy) is 2. The number of cyclic esters (lactones) is 1. The molecule has 0 unspecified atom stereocenters. The summed E-state index contributed by atoms with van der Waals surface area (Å²) < 4.78 is 14.1. The Morgan fingerprint density at radius 3 is 2.79 bits per heavy atom. The number of para-hydroxylation sites is 1. The van der Waals surface area contributed by atoms with Gasteiger partial charge in [-0.1, -0.05) is 25.1 Å². The quantitative estimate of drug-likeness (QED) is 0.281. The highest BCUT2D eigenvalue weighted by Gasteiger charge is 2.50. The molecule has 10 heteroatoms. The number of carbonyl (C=O) groups is 3. The van der Waals surface area contributed by atoms with Crippen LogP contribution in [0.3, 0.4) is 0 Å². The van der Waals surface area contributed by atoms with Crippen molar-refractivity contribution in [1.82, 2.24) is 9.55 Å². The lowest BCUT2D eigenvalue weighted by Gasteiger charge is -2.35. The minimum Gasteiger partial charge on any atom is -0.477 e. The minimum atomic E-state index is -1.83. The van der Waals surface area contributed by atoms with Crippen LogP contribution in [0.15, 0.2) is 65.7 Å². The summed E-state index contributed by atoms with van der Waals surface area (Å²) in [6, 6.07) is 14.3. The van der Waals surface area contributed by atoms with Gasteiger partial charge in [0.1, 0.15) is 12.2 Å². The zero-order chi connectivity index (χ0) is 26.6. The molecule has 3 aromatic heterocycles. The number of rotatable bonds is 5. The molecule has 0 fully saturated rings. The summed E-state index contributed by atoms with van der Waals surface area (Å²) in [5.74, 6) is -2.69. The third-order valence-electron chi connectivity index (χ3n) is 7.09. The molecule has 0 aliphatic carbocycles. The first-order valence-corrected chi connectivity index (χ1v) is 12.1. The molecule has 0 saturated heterocycles. The third kappa shape index (κ3) is 3.56. The van der Waals surface area contributed by atoms with Gasteiger partial charge in [-0.2, -0.15) is 4.57 Å². The summed E-state index contributed by atoms with van der Waals surface area (Å²) in [5, 5.41) is 10.2. The number of nitrogens with zero attached hydrogens (tertiary/aromatic N) is 3. The van der Waals surface area contributed by atoms with Crippen LogP contribution >= 0.6 is 0 Å². The molecule has 5 heterocycles. The fourth-order valence-corrected chi connectivity index (χ4v) is 5.20. The molecule has 0 saturated carbocycles. The van der Waals surface area contributed by atoms with Crippen LogP contribution in [0.1, 0.15) is 40.4 Å². The summed E-state index contributed by atoms with van der Waals surface area (Å²) in [7, 11) is 0. The second-order valence-electron chi connectivity index (χ2n) is 9.30. The number of hydrogen-bond donors (Lipinski definition) is 1. The van der Waals surface area contributed by atoms with E-state index in [1.54, 1.807) is 17.6 Å². The predicted octanol–water partition coefficient (Wildman–Crippen LogP) is 2.32. The van der Waals surface area contributed by atoms with Gasteiger partial charge in [0, 0.05) is 22.6 Å². The average Bonchev–Trinajstić information content (AvgIpc) is 3.27. The van der Waals surface area contributed by atoms with Crippen molar-refractivity contribution in [3.8, 4) is 11.4 Å². The fraction of sp³-hybridized carbons (Fsp3) is 0.214. The van der Waals surface area contributed by atoms with Crippen LogP contribution in [0.2, 0.25) is 0 Å². The molecule has 190 valence electrons. The SMILES string of the molecule is CC[C@@]1(OC(=O)C[n+]2cccc(C(=O)O)c2)C(=O)OCc2c1cc1n(c2=O)Cc2cc3ccccc3nc2-1. The van der Waals surface area contributed by atoms with Gasteiger partial charge in [-0.3, -0.25) is 4.79 Å². The van der Waals surface area contributed by atoms with E-state index in [0.29, 0.717) is 17.9 Å². The normalized spacial score (nSPS) is 17.3. The number of carbonyl (C=O) groups excluding carboxylic acids is 2. The number of carboxylic acid groups (broad SMARTS) is 1. The standard InChI is InChI=1S/C28H21N3O7/c1-2-28(38-23(32)14-30-9-5-7-17(12-30)26(34)35)20-11-22-24-18(10-16-6-3-4-8-21(16)29-24)13-31(22)25(33)19(20)15-37-27(28)36/h3-12H,2,13-15H2,1H3/p+1/t28-/m0/s1. The predicted molar refractivity (Wildman–Crippen MR) is 132 cm³/mol. The molecule has 0 radical (unpaired) electrons. The van der Waals surface area contributed by atoms with E-state index in [2.05, 4.69) is 0 Å². The summed E-state index contributed by atoms with van der Waals surface area (Å²) >= 11 is 0.